The van der Waals surface area contributed by atoms with E-state index in [1.165, 1.54) is 0 Å². The number of carbonyl (C=O) groups excluding carboxylic acids is 1. The quantitative estimate of drug-likeness (QED) is 0.591. The van der Waals surface area contributed by atoms with Gasteiger partial charge in [0.2, 0.25) is 0 Å². The van der Waals surface area contributed by atoms with Crippen molar-refractivity contribution in [2.24, 2.45) is 0 Å². The summed E-state index contributed by atoms with van der Waals surface area (Å²) in [5.74, 6) is -0.281. The van der Waals surface area contributed by atoms with Crippen molar-refractivity contribution in [2.45, 2.75) is 19.3 Å². The molecule has 0 unspecified atom stereocenters. The standard InChI is InChI=1S/C11H9BrF4O/c12-5-8(17)3-6-1-2-7(10(13)14)4-9(6)11(15)16/h1-2,4,10-11H,3,5H2. The van der Waals surface area contributed by atoms with Crippen molar-refractivity contribution in [2.75, 3.05) is 5.33 Å². The van der Waals surface area contributed by atoms with Crippen LogP contribution in [0.1, 0.15) is 29.5 Å². The van der Waals surface area contributed by atoms with Crippen LogP contribution in [0.25, 0.3) is 0 Å². The van der Waals surface area contributed by atoms with Gasteiger partial charge in [0.25, 0.3) is 12.9 Å². The van der Waals surface area contributed by atoms with Crippen LogP contribution in [0.2, 0.25) is 0 Å². The summed E-state index contributed by atoms with van der Waals surface area (Å²) >= 11 is 2.91. The fourth-order valence-electron chi connectivity index (χ4n) is 1.37. The van der Waals surface area contributed by atoms with Gasteiger partial charge in [-0.1, -0.05) is 28.1 Å². The minimum atomic E-state index is -2.87. The van der Waals surface area contributed by atoms with Crippen LogP contribution in [0.15, 0.2) is 18.2 Å². The fraction of sp³-hybridized carbons (Fsp3) is 0.364. The molecule has 0 radical (unpaired) electrons. The maximum atomic E-state index is 12.7. The lowest BCUT2D eigenvalue weighted by Gasteiger charge is -2.10. The minimum absolute atomic E-state index is 0.0479. The zero-order valence-corrected chi connectivity index (χ0v) is 10.2. The van der Waals surface area contributed by atoms with Crippen LogP contribution < -0.4 is 0 Å². The number of Topliss-reactive ketones (excluding diaryl/α,β-unsaturated/α-hetero) is 1. The van der Waals surface area contributed by atoms with Crippen LogP contribution in [-0.4, -0.2) is 11.1 Å². The smallest absolute Gasteiger partial charge is 0.264 e. The molecule has 0 saturated carbocycles. The summed E-state index contributed by atoms with van der Waals surface area (Å²) in [6, 6.07) is 2.98. The molecule has 0 spiro atoms. The first-order chi connectivity index (χ1) is 7.95. The van der Waals surface area contributed by atoms with E-state index in [4.69, 9.17) is 0 Å². The van der Waals surface area contributed by atoms with Crippen molar-refractivity contribution in [3.05, 3.63) is 34.9 Å². The van der Waals surface area contributed by atoms with Crippen LogP contribution in [0, 0.1) is 0 Å². The third kappa shape index (κ3) is 3.80. The summed E-state index contributed by atoms with van der Waals surface area (Å²) in [5, 5.41) is 0.0479. The predicted molar refractivity (Wildman–Crippen MR) is 58.9 cm³/mol. The van der Waals surface area contributed by atoms with Gasteiger partial charge in [-0.2, -0.15) is 0 Å². The predicted octanol–water partition coefficient (Wildman–Crippen LogP) is 4.07. The lowest BCUT2D eigenvalue weighted by molar-refractivity contribution is -0.115. The molecule has 1 nitrogen and oxygen atoms in total. The maximum Gasteiger partial charge on any atom is 0.264 e. The van der Waals surface area contributed by atoms with Crippen LogP contribution in [0.5, 0.6) is 0 Å². The van der Waals surface area contributed by atoms with E-state index in [2.05, 4.69) is 15.9 Å². The van der Waals surface area contributed by atoms with Gasteiger partial charge in [-0.25, -0.2) is 17.6 Å². The summed E-state index contributed by atoms with van der Waals surface area (Å²) in [6.07, 6.45) is -5.85. The van der Waals surface area contributed by atoms with Crippen LogP contribution in [0.3, 0.4) is 0 Å². The number of hydrogen-bond donors (Lipinski definition) is 0. The van der Waals surface area contributed by atoms with Crippen molar-refractivity contribution in [3.63, 3.8) is 0 Å². The molecule has 1 aromatic rings. The van der Waals surface area contributed by atoms with Crippen LogP contribution in [-0.2, 0) is 11.2 Å². The number of halogens is 5. The van der Waals surface area contributed by atoms with Crippen molar-refractivity contribution >= 4 is 21.7 Å². The Morgan fingerprint density at radius 2 is 1.82 bits per heavy atom. The van der Waals surface area contributed by atoms with E-state index in [0.717, 1.165) is 18.2 Å². The number of benzene rings is 1. The lowest BCUT2D eigenvalue weighted by atomic mass is 10.0. The van der Waals surface area contributed by atoms with Gasteiger partial charge >= 0.3 is 0 Å². The minimum Gasteiger partial charge on any atom is -0.298 e. The van der Waals surface area contributed by atoms with E-state index < -0.39 is 24.0 Å². The first-order valence-corrected chi connectivity index (χ1v) is 5.84. The molecule has 0 aliphatic rings. The lowest BCUT2D eigenvalue weighted by Crippen LogP contribution is -2.07. The van der Waals surface area contributed by atoms with E-state index in [9.17, 15) is 22.4 Å². The van der Waals surface area contributed by atoms with Gasteiger partial charge in [-0.3, -0.25) is 4.79 Å². The number of rotatable bonds is 5. The Labute approximate surface area is 104 Å². The molecule has 0 saturated heterocycles. The van der Waals surface area contributed by atoms with E-state index >= 15 is 0 Å². The molecule has 0 atom stereocenters. The van der Waals surface area contributed by atoms with E-state index in [1.807, 2.05) is 0 Å². The Balaban J connectivity index is 3.08. The zero-order chi connectivity index (χ0) is 13.0. The Kier molecular flexibility index (Phi) is 5.11. The highest BCUT2D eigenvalue weighted by molar-refractivity contribution is 9.09. The van der Waals surface area contributed by atoms with Crippen LogP contribution >= 0.6 is 15.9 Å². The van der Waals surface area contributed by atoms with E-state index in [-0.39, 0.29) is 23.1 Å². The Morgan fingerprint density at radius 1 is 1.18 bits per heavy atom. The van der Waals surface area contributed by atoms with Crippen molar-refractivity contribution in [3.8, 4) is 0 Å². The average Bonchev–Trinajstić information content (AvgIpc) is 2.28. The Morgan fingerprint density at radius 3 is 2.29 bits per heavy atom. The Bertz CT molecular complexity index is 406. The molecular formula is C11H9BrF4O. The highest BCUT2D eigenvalue weighted by Crippen LogP contribution is 2.28. The topological polar surface area (TPSA) is 17.1 Å². The van der Waals surface area contributed by atoms with Crippen LogP contribution in [0.4, 0.5) is 17.6 Å². The normalized spacial score (nSPS) is 11.2. The molecule has 17 heavy (non-hydrogen) atoms. The second-order valence-electron chi connectivity index (χ2n) is 3.41. The SMILES string of the molecule is O=C(CBr)Cc1ccc(C(F)F)cc1C(F)F. The van der Waals surface area contributed by atoms with Crippen molar-refractivity contribution < 1.29 is 22.4 Å². The number of alkyl halides is 5. The average molecular weight is 313 g/mol. The first kappa shape index (κ1) is 14.2. The molecule has 0 aliphatic heterocycles. The first-order valence-electron chi connectivity index (χ1n) is 4.72. The molecule has 0 aliphatic carbocycles. The van der Waals surface area contributed by atoms with Crippen molar-refractivity contribution in [1.29, 1.82) is 0 Å². The molecule has 0 bridgehead atoms. The Hall–Kier alpha value is -0.910. The molecule has 0 amide bonds. The molecule has 0 N–H and O–H groups in total. The van der Waals surface area contributed by atoms with Gasteiger partial charge in [-0.05, 0) is 11.6 Å². The maximum absolute atomic E-state index is 12.7. The molecule has 0 fully saturated rings. The van der Waals surface area contributed by atoms with Crippen molar-refractivity contribution in [1.82, 2.24) is 0 Å². The fourth-order valence-corrected chi connectivity index (χ4v) is 1.57. The summed E-state index contributed by atoms with van der Waals surface area (Å²) in [7, 11) is 0. The summed E-state index contributed by atoms with van der Waals surface area (Å²) in [6.45, 7) is 0. The number of carbonyl (C=O) groups is 1. The zero-order valence-electron chi connectivity index (χ0n) is 8.60. The van der Waals surface area contributed by atoms with E-state index in [1.54, 1.807) is 0 Å². The van der Waals surface area contributed by atoms with Gasteiger partial charge in [0.15, 0.2) is 0 Å². The monoisotopic (exact) mass is 312 g/mol. The number of hydrogen-bond acceptors (Lipinski definition) is 1. The number of ketones is 1. The molecule has 6 heteroatoms. The molecular weight excluding hydrogens is 304 g/mol. The van der Waals surface area contributed by atoms with Gasteiger partial charge in [0.1, 0.15) is 5.78 Å². The summed E-state index contributed by atoms with van der Waals surface area (Å²) in [4.78, 5) is 11.1. The molecule has 94 valence electrons. The molecule has 1 aromatic carbocycles. The third-order valence-corrected chi connectivity index (χ3v) is 2.82. The summed E-state index contributed by atoms with van der Waals surface area (Å²) < 4.78 is 50.0. The third-order valence-electron chi connectivity index (χ3n) is 2.19. The van der Waals surface area contributed by atoms with Gasteiger partial charge in [0, 0.05) is 17.5 Å². The van der Waals surface area contributed by atoms with E-state index in [0.29, 0.717) is 0 Å². The van der Waals surface area contributed by atoms with Gasteiger partial charge < -0.3 is 0 Å². The summed E-state index contributed by atoms with van der Waals surface area (Å²) in [5.41, 5.74) is -0.874. The largest absolute Gasteiger partial charge is 0.298 e. The molecule has 0 aromatic heterocycles. The van der Waals surface area contributed by atoms with Gasteiger partial charge in [-0.15, -0.1) is 0 Å². The van der Waals surface area contributed by atoms with Gasteiger partial charge in [0.05, 0.1) is 5.33 Å². The highest BCUT2D eigenvalue weighted by atomic mass is 79.9. The molecule has 0 heterocycles. The second-order valence-corrected chi connectivity index (χ2v) is 3.97. The highest BCUT2D eigenvalue weighted by Gasteiger charge is 2.18. The second kappa shape index (κ2) is 6.14. The molecule has 1 rings (SSSR count).